The first-order valence-electron chi connectivity index (χ1n) is 7.20. The molecule has 8 heteroatoms. The summed E-state index contributed by atoms with van der Waals surface area (Å²) in [5, 5.41) is 4.80. The first kappa shape index (κ1) is 17.0. The van der Waals surface area contributed by atoms with Gasteiger partial charge in [0.1, 0.15) is 5.75 Å². The van der Waals surface area contributed by atoms with Gasteiger partial charge in [-0.1, -0.05) is 29.0 Å². The molecule has 1 aromatic carbocycles. The molecule has 0 saturated carbocycles. The second kappa shape index (κ2) is 7.34. The van der Waals surface area contributed by atoms with Crippen molar-refractivity contribution in [1.82, 2.24) is 15.0 Å². The van der Waals surface area contributed by atoms with Crippen LogP contribution in [0.5, 0.6) is 5.75 Å². The van der Waals surface area contributed by atoms with Gasteiger partial charge in [-0.3, -0.25) is 0 Å². The van der Waals surface area contributed by atoms with Crippen LogP contribution in [0.3, 0.4) is 0 Å². The van der Waals surface area contributed by atoms with Crippen molar-refractivity contribution in [3.63, 3.8) is 0 Å². The molecule has 0 unspecified atom stereocenters. The minimum atomic E-state index is 0.200. The van der Waals surface area contributed by atoms with Crippen LogP contribution in [0.1, 0.15) is 6.92 Å². The lowest BCUT2D eigenvalue weighted by molar-refractivity contribution is 0.415. The van der Waals surface area contributed by atoms with Gasteiger partial charge in [-0.15, -0.1) is 0 Å². The van der Waals surface area contributed by atoms with Crippen molar-refractivity contribution in [2.24, 2.45) is 0 Å². The average molecular weight is 381 g/mol. The Morgan fingerprint density at radius 2 is 2.04 bits per heavy atom. The summed E-state index contributed by atoms with van der Waals surface area (Å²) < 4.78 is 5.31. The van der Waals surface area contributed by atoms with Crippen molar-refractivity contribution >= 4 is 39.7 Å². The molecule has 0 amide bonds. The van der Waals surface area contributed by atoms with Gasteiger partial charge in [-0.2, -0.15) is 0 Å². The molecule has 5 nitrogen and oxygen atoms in total. The van der Waals surface area contributed by atoms with Crippen molar-refractivity contribution < 1.29 is 4.74 Å². The van der Waals surface area contributed by atoms with E-state index < -0.39 is 0 Å². The summed E-state index contributed by atoms with van der Waals surface area (Å²) in [5.74, 6) is 0.596. The maximum Gasteiger partial charge on any atom is 0.222 e. The predicted molar refractivity (Wildman–Crippen MR) is 99.3 cm³/mol. The van der Waals surface area contributed by atoms with Crippen molar-refractivity contribution in [2.75, 3.05) is 19.0 Å². The average Bonchev–Trinajstić information content (AvgIpc) is 3.00. The fourth-order valence-corrected chi connectivity index (χ4v) is 3.55. The van der Waals surface area contributed by atoms with Crippen LogP contribution in [0.4, 0.5) is 5.13 Å². The number of hydrogen-bond acceptors (Lipinski definition) is 6. The van der Waals surface area contributed by atoms with Crippen molar-refractivity contribution in [2.45, 2.75) is 6.92 Å². The molecule has 124 valence electrons. The molecule has 2 heterocycles. The maximum absolute atomic E-state index is 6.12. The summed E-state index contributed by atoms with van der Waals surface area (Å²) in [5.41, 5.74) is 2.41. The quantitative estimate of drug-likeness (QED) is 0.630. The van der Waals surface area contributed by atoms with E-state index in [0.717, 1.165) is 33.5 Å². The van der Waals surface area contributed by atoms with Crippen LogP contribution < -0.4 is 10.1 Å². The SMILES string of the molecule is CCNc1nc(-c2ccc(Cl)c(OC)c2)c(-c2ccnc(Cl)n2)s1. The van der Waals surface area contributed by atoms with Gasteiger partial charge in [-0.05, 0) is 36.7 Å². The maximum atomic E-state index is 6.12. The molecule has 0 aliphatic carbocycles. The molecular weight excluding hydrogens is 367 g/mol. The summed E-state index contributed by atoms with van der Waals surface area (Å²) in [4.78, 5) is 13.8. The van der Waals surface area contributed by atoms with E-state index in [1.54, 1.807) is 19.4 Å². The lowest BCUT2D eigenvalue weighted by atomic mass is 10.1. The zero-order chi connectivity index (χ0) is 17.1. The van der Waals surface area contributed by atoms with Crippen molar-refractivity contribution in [1.29, 1.82) is 0 Å². The highest BCUT2D eigenvalue weighted by Gasteiger charge is 2.17. The minimum Gasteiger partial charge on any atom is -0.495 e. The minimum absolute atomic E-state index is 0.200. The van der Waals surface area contributed by atoms with Crippen LogP contribution in [0.2, 0.25) is 10.3 Å². The number of rotatable bonds is 5. The number of ether oxygens (including phenoxy) is 1. The van der Waals surface area contributed by atoms with E-state index in [-0.39, 0.29) is 5.28 Å². The molecule has 0 saturated heterocycles. The highest BCUT2D eigenvalue weighted by Crippen LogP contribution is 2.40. The molecule has 24 heavy (non-hydrogen) atoms. The molecule has 3 aromatic rings. The van der Waals surface area contributed by atoms with Crippen molar-refractivity contribution in [3.05, 3.63) is 40.8 Å². The lowest BCUT2D eigenvalue weighted by Crippen LogP contribution is -1.95. The Labute approximate surface area is 153 Å². The Morgan fingerprint density at radius 1 is 1.21 bits per heavy atom. The summed E-state index contributed by atoms with van der Waals surface area (Å²) in [6.45, 7) is 2.80. The van der Waals surface area contributed by atoms with Gasteiger partial charge in [0.15, 0.2) is 5.13 Å². The van der Waals surface area contributed by atoms with Gasteiger partial charge in [0.05, 0.1) is 28.4 Å². The summed E-state index contributed by atoms with van der Waals surface area (Å²) in [6, 6.07) is 7.37. The number of halogens is 2. The Hall–Kier alpha value is -1.89. The number of methoxy groups -OCH3 is 1. The third kappa shape index (κ3) is 3.45. The normalized spacial score (nSPS) is 10.7. The van der Waals surface area contributed by atoms with E-state index >= 15 is 0 Å². The first-order chi connectivity index (χ1) is 11.6. The Balaban J connectivity index is 2.16. The molecule has 0 radical (unpaired) electrons. The Kier molecular flexibility index (Phi) is 5.18. The van der Waals surface area contributed by atoms with Crippen LogP contribution in [-0.4, -0.2) is 28.6 Å². The molecule has 0 atom stereocenters. The third-order valence-electron chi connectivity index (χ3n) is 3.24. The number of thiazole rings is 1. The van der Waals surface area contributed by atoms with Gasteiger partial charge in [0.25, 0.3) is 0 Å². The van der Waals surface area contributed by atoms with Crippen LogP contribution in [0.15, 0.2) is 30.5 Å². The van der Waals surface area contributed by atoms with E-state index in [4.69, 9.17) is 27.9 Å². The van der Waals surface area contributed by atoms with E-state index in [1.165, 1.54) is 11.3 Å². The number of hydrogen-bond donors (Lipinski definition) is 1. The third-order valence-corrected chi connectivity index (χ3v) is 4.77. The largest absolute Gasteiger partial charge is 0.495 e. The zero-order valence-corrected chi connectivity index (χ0v) is 15.3. The molecule has 2 aromatic heterocycles. The summed E-state index contributed by atoms with van der Waals surface area (Å²) >= 11 is 13.6. The fraction of sp³-hybridized carbons (Fsp3) is 0.188. The standard InChI is InChI=1S/C16H14Cl2N4OS/c1-3-19-16-22-13(9-4-5-10(17)12(8-9)23-2)14(24-16)11-6-7-20-15(18)21-11/h4-8H,3H2,1-2H3,(H,19,22). The van der Waals surface area contributed by atoms with Gasteiger partial charge >= 0.3 is 0 Å². The van der Waals surface area contributed by atoms with Crippen LogP contribution in [0, 0.1) is 0 Å². The van der Waals surface area contributed by atoms with Gasteiger partial charge in [0, 0.05) is 18.3 Å². The molecule has 0 aliphatic rings. The van der Waals surface area contributed by atoms with Crippen molar-refractivity contribution in [3.8, 4) is 27.6 Å². The molecular formula is C16H14Cl2N4OS. The predicted octanol–water partition coefficient (Wildman–Crippen LogP) is 5.01. The molecule has 0 spiro atoms. The molecule has 0 aliphatic heterocycles. The Morgan fingerprint density at radius 3 is 2.75 bits per heavy atom. The van der Waals surface area contributed by atoms with E-state index in [2.05, 4.69) is 20.3 Å². The lowest BCUT2D eigenvalue weighted by Gasteiger charge is -2.06. The molecule has 0 bridgehead atoms. The fourth-order valence-electron chi connectivity index (χ4n) is 2.18. The summed E-state index contributed by atoms with van der Waals surface area (Å²) in [6.07, 6.45) is 1.63. The molecule has 1 N–H and O–H groups in total. The molecule has 0 fully saturated rings. The van der Waals surface area contributed by atoms with Crippen LogP contribution in [0.25, 0.3) is 21.8 Å². The number of aromatic nitrogens is 3. The Bertz CT molecular complexity index is 869. The number of nitrogens with one attached hydrogen (secondary N) is 1. The number of benzene rings is 1. The number of nitrogens with zero attached hydrogens (tertiary/aromatic N) is 3. The van der Waals surface area contributed by atoms with Gasteiger partial charge in [-0.25, -0.2) is 15.0 Å². The van der Waals surface area contributed by atoms with Crippen LogP contribution in [-0.2, 0) is 0 Å². The zero-order valence-electron chi connectivity index (χ0n) is 13.0. The summed E-state index contributed by atoms with van der Waals surface area (Å²) in [7, 11) is 1.58. The smallest absolute Gasteiger partial charge is 0.222 e. The van der Waals surface area contributed by atoms with E-state index in [0.29, 0.717) is 10.8 Å². The second-order valence-corrected chi connectivity index (χ2v) is 6.53. The first-order valence-corrected chi connectivity index (χ1v) is 8.77. The van der Waals surface area contributed by atoms with E-state index in [1.807, 2.05) is 25.1 Å². The molecule has 3 rings (SSSR count). The van der Waals surface area contributed by atoms with Gasteiger partial charge in [0.2, 0.25) is 5.28 Å². The van der Waals surface area contributed by atoms with Gasteiger partial charge < -0.3 is 10.1 Å². The second-order valence-electron chi connectivity index (χ2n) is 4.79. The highest BCUT2D eigenvalue weighted by atomic mass is 35.5. The number of anilines is 1. The van der Waals surface area contributed by atoms with E-state index in [9.17, 15) is 0 Å². The monoisotopic (exact) mass is 380 g/mol. The topological polar surface area (TPSA) is 59.9 Å². The highest BCUT2D eigenvalue weighted by molar-refractivity contribution is 7.19. The van der Waals surface area contributed by atoms with Crippen LogP contribution >= 0.6 is 34.5 Å².